The highest BCUT2D eigenvalue weighted by Gasteiger charge is 2.37. The fourth-order valence-electron chi connectivity index (χ4n) is 7.55. The van der Waals surface area contributed by atoms with Crippen LogP contribution in [0.5, 0.6) is 23.0 Å². The van der Waals surface area contributed by atoms with E-state index in [-0.39, 0.29) is 11.0 Å². The second-order valence-corrected chi connectivity index (χ2v) is 16.9. The number of nitrogens with one attached hydrogen (secondary N) is 2. The van der Waals surface area contributed by atoms with Crippen LogP contribution >= 0.6 is 0 Å². The fraction of sp³-hybridized carbons (Fsp3) is 0.426. The van der Waals surface area contributed by atoms with Gasteiger partial charge in [-0.15, -0.1) is 0 Å². The summed E-state index contributed by atoms with van der Waals surface area (Å²) < 4.78 is 29.5. The first-order valence-corrected chi connectivity index (χ1v) is 20.4. The number of ether oxygens (including phenoxy) is 5. The molecule has 4 atom stereocenters. The number of aliphatic imine (C=N–C) groups is 1. The van der Waals surface area contributed by atoms with Crippen molar-refractivity contribution < 1.29 is 28.5 Å². The van der Waals surface area contributed by atoms with E-state index in [1.165, 1.54) is 5.28 Å². The molecule has 0 bridgehead atoms. The minimum Gasteiger partial charge on any atom is -0.493 e. The number of hydrazine groups is 2. The largest absolute Gasteiger partial charge is 0.493 e. The Labute approximate surface area is 338 Å². The minimum absolute atomic E-state index is 0.0949. The average Bonchev–Trinajstić information content (AvgIpc) is 4.11. The standard InChI is InChI=1S/C47H58N4O6/c1-8-40-42(55-40)26-28-52-36-18-10-32(11-19-36)34-14-22-38(23-15-34)54-45-30-44(48-47(6,7)31-46(3,4)5)49-51(50-45)57-39-24-16-35(17-25-39)33-12-20-37(21-13-33)53-29-27-43-41(9-2)56-43/h10-25,30,40-43,50H,8-9,26-29,31H2,1-7H3,(H,48,49). The molecule has 0 saturated carbocycles. The second-order valence-electron chi connectivity index (χ2n) is 16.9. The van der Waals surface area contributed by atoms with Crippen molar-refractivity contribution in [3.05, 3.63) is 109 Å². The molecule has 10 heteroatoms. The maximum Gasteiger partial charge on any atom is 0.215 e. The van der Waals surface area contributed by atoms with Gasteiger partial charge in [-0.05, 0) is 109 Å². The van der Waals surface area contributed by atoms with Crippen molar-refractivity contribution in [2.24, 2.45) is 10.4 Å². The van der Waals surface area contributed by atoms with E-state index in [4.69, 9.17) is 33.5 Å². The molecule has 2 saturated heterocycles. The molecule has 4 unspecified atom stereocenters. The van der Waals surface area contributed by atoms with E-state index in [9.17, 15) is 0 Å². The monoisotopic (exact) mass is 774 g/mol. The van der Waals surface area contributed by atoms with Gasteiger partial charge >= 0.3 is 0 Å². The van der Waals surface area contributed by atoms with Crippen LogP contribution in [-0.4, -0.2) is 54.3 Å². The predicted molar refractivity (Wildman–Crippen MR) is 225 cm³/mol. The Morgan fingerprint density at radius 2 is 1.02 bits per heavy atom. The summed E-state index contributed by atoms with van der Waals surface area (Å²) >= 11 is 0. The van der Waals surface area contributed by atoms with E-state index in [1.807, 2.05) is 78.9 Å². The van der Waals surface area contributed by atoms with Gasteiger partial charge in [-0.1, -0.05) is 83.1 Å². The lowest BCUT2D eigenvalue weighted by molar-refractivity contribution is -0.133. The third-order valence-electron chi connectivity index (χ3n) is 10.1. The molecule has 2 N–H and O–H groups in total. The fourth-order valence-corrected chi connectivity index (χ4v) is 7.55. The zero-order chi connectivity index (χ0) is 40.0. The van der Waals surface area contributed by atoms with E-state index < -0.39 is 0 Å². The number of rotatable bonds is 18. The predicted octanol–water partition coefficient (Wildman–Crippen LogP) is 10.1. The van der Waals surface area contributed by atoms with E-state index in [0.29, 0.717) is 60.8 Å². The second kappa shape index (κ2) is 17.6. The zero-order valence-corrected chi connectivity index (χ0v) is 34.4. The quantitative estimate of drug-likeness (QED) is 0.0957. The summed E-state index contributed by atoms with van der Waals surface area (Å²) in [6.07, 6.45) is 8.22. The number of amidine groups is 1. The van der Waals surface area contributed by atoms with Gasteiger partial charge in [0.05, 0.1) is 43.2 Å². The maximum absolute atomic E-state index is 6.36. The summed E-state index contributed by atoms with van der Waals surface area (Å²) in [6, 6.07) is 32.3. The number of epoxide rings is 2. The SMILES string of the molecule is CCC1OC1CCOc1ccc(-c2ccc(OC3=CC(=NC(C)(C)CC(C)(C)C)NN(Oc4ccc(-c5ccc(OCCC6OC6CC)cc5)cc4)N3)cc2)cc1. The molecule has 3 aliphatic heterocycles. The molecular weight excluding hydrogens is 717 g/mol. The highest BCUT2D eigenvalue weighted by atomic mass is 16.7. The lowest BCUT2D eigenvalue weighted by Gasteiger charge is -2.33. The van der Waals surface area contributed by atoms with Crippen LogP contribution in [0.1, 0.15) is 80.6 Å². The molecule has 0 aromatic heterocycles. The van der Waals surface area contributed by atoms with Crippen molar-refractivity contribution in [3.8, 4) is 45.3 Å². The Morgan fingerprint density at radius 3 is 1.44 bits per heavy atom. The number of nitrogens with zero attached hydrogens (tertiary/aromatic N) is 2. The molecule has 0 spiro atoms. The van der Waals surface area contributed by atoms with Gasteiger partial charge in [0.15, 0.2) is 5.75 Å². The first-order valence-electron chi connectivity index (χ1n) is 20.4. The molecule has 7 rings (SSSR count). The molecule has 0 aliphatic carbocycles. The molecule has 4 aromatic rings. The van der Waals surface area contributed by atoms with Crippen LogP contribution in [0.4, 0.5) is 0 Å². The van der Waals surface area contributed by atoms with Crippen LogP contribution in [0.3, 0.4) is 0 Å². The lowest BCUT2D eigenvalue weighted by Crippen LogP contribution is -2.56. The lowest BCUT2D eigenvalue weighted by atomic mass is 9.82. The van der Waals surface area contributed by atoms with Crippen LogP contribution < -0.4 is 29.9 Å². The molecule has 3 heterocycles. The van der Waals surface area contributed by atoms with Crippen molar-refractivity contribution in [1.29, 1.82) is 0 Å². The van der Waals surface area contributed by atoms with Crippen LogP contribution in [0.15, 0.2) is 114 Å². The van der Waals surface area contributed by atoms with Crippen molar-refractivity contribution >= 4 is 5.84 Å². The molecule has 57 heavy (non-hydrogen) atoms. The summed E-state index contributed by atoms with van der Waals surface area (Å²) in [5.41, 5.74) is 10.5. The molecule has 4 aromatic carbocycles. The molecular formula is C47H58N4O6. The summed E-state index contributed by atoms with van der Waals surface area (Å²) in [7, 11) is 0. The van der Waals surface area contributed by atoms with Crippen molar-refractivity contribution in [2.75, 3.05) is 13.2 Å². The van der Waals surface area contributed by atoms with E-state index >= 15 is 0 Å². The van der Waals surface area contributed by atoms with Crippen LogP contribution in [0.2, 0.25) is 0 Å². The molecule has 2 fully saturated rings. The number of benzene rings is 4. The molecule has 0 radical (unpaired) electrons. The Bertz CT molecular complexity index is 1970. The Morgan fingerprint density at radius 1 is 0.579 bits per heavy atom. The van der Waals surface area contributed by atoms with Gasteiger partial charge in [0.25, 0.3) is 0 Å². The molecule has 3 aliphatic rings. The number of hydrogen-bond donors (Lipinski definition) is 2. The zero-order valence-electron chi connectivity index (χ0n) is 34.4. The van der Waals surface area contributed by atoms with Gasteiger partial charge in [0.1, 0.15) is 23.1 Å². The van der Waals surface area contributed by atoms with E-state index in [1.54, 1.807) is 0 Å². The molecule has 0 amide bonds. The van der Waals surface area contributed by atoms with Gasteiger partial charge < -0.3 is 28.5 Å². The Hall–Kier alpha value is -5.03. The topological polar surface area (TPSA) is 102 Å². The summed E-state index contributed by atoms with van der Waals surface area (Å²) in [4.78, 5) is 11.3. The smallest absolute Gasteiger partial charge is 0.215 e. The maximum atomic E-state index is 6.36. The minimum atomic E-state index is -0.344. The van der Waals surface area contributed by atoms with E-state index in [0.717, 1.165) is 65.9 Å². The molecule has 302 valence electrons. The van der Waals surface area contributed by atoms with Gasteiger partial charge in [0, 0.05) is 24.2 Å². The van der Waals surface area contributed by atoms with Crippen LogP contribution in [0, 0.1) is 5.41 Å². The third-order valence-corrected chi connectivity index (χ3v) is 10.1. The third kappa shape index (κ3) is 11.8. The van der Waals surface area contributed by atoms with Gasteiger partial charge in [-0.3, -0.25) is 10.4 Å². The number of hydrogen-bond acceptors (Lipinski definition) is 9. The first kappa shape index (κ1) is 40.2. The Balaban J connectivity index is 0.973. The van der Waals surface area contributed by atoms with Crippen LogP contribution in [-0.2, 0) is 9.47 Å². The van der Waals surface area contributed by atoms with Crippen molar-refractivity contribution in [3.63, 3.8) is 0 Å². The van der Waals surface area contributed by atoms with Crippen molar-refractivity contribution in [2.45, 2.75) is 111 Å². The van der Waals surface area contributed by atoms with Gasteiger partial charge in [-0.25, -0.2) is 5.43 Å². The Kier molecular flexibility index (Phi) is 12.4. The van der Waals surface area contributed by atoms with Crippen molar-refractivity contribution in [1.82, 2.24) is 16.1 Å². The molecule has 10 nitrogen and oxygen atoms in total. The first-order chi connectivity index (χ1) is 27.4. The van der Waals surface area contributed by atoms with Gasteiger partial charge in [-0.2, -0.15) is 0 Å². The summed E-state index contributed by atoms with van der Waals surface area (Å²) in [6.45, 7) is 16.6. The highest BCUT2D eigenvalue weighted by Crippen LogP contribution is 2.32. The summed E-state index contributed by atoms with van der Waals surface area (Å²) in [5.74, 6) is 4.09. The van der Waals surface area contributed by atoms with Crippen LogP contribution in [0.25, 0.3) is 22.3 Å². The van der Waals surface area contributed by atoms with E-state index in [2.05, 4.69) is 83.6 Å². The van der Waals surface area contributed by atoms with Gasteiger partial charge in [0.2, 0.25) is 5.88 Å². The summed E-state index contributed by atoms with van der Waals surface area (Å²) in [5, 5.41) is 1.43. The average molecular weight is 775 g/mol. The highest BCUT2D eigenvalue weighted by molar-refractivity contribution is 5.93. The normalized spacial score (nSPS) is 21.2.